The number of benzene rings is 1. The Bertz CT molecular complexity index is 529. The Labute approximate surface area is 124 Å². The predicted molar refractivity (Wildman–Crippen MR) is 80.7 cm³/mol. The molecule has 1 rings (SSSR count). The smallest absolute Gasteiger partial charge is 0.251 e. The van der Waals surface area contributed by atoms with Crippen molar-refractivity contribution in [3.8, 4) is 0 Å². The van der Waals surface area contributed by atoms with Crippen LogP contribution in [0, 0.1) is 5.92 Å². The molecule has 1 atom stereocenters. The average molecular weight is 291 g/mol. The van der Waals surface area contributed by atoms with Crippen molar-refractivity contribution in [2.24, 2.45) is 11.7 Å². The first-order chi connectivity index (χ1) is 9.93. The Morgan fingerprint density at radius 3 is 2.62 bits per heavy atom. The van der Waals surface area contributed by atoms with Crippen molar-refractivity contribution < 1.29 is 14.4 Å². The highest BCUT2D eigenvalue weighted by atomic mass is 16.2. The van der Waals surface area contributed by atoms with E-state index in [9.17, 15) is 14.4 Å². The molecule has 0 aliphatic heterocycles. The summed E-state index contributed by atoms with van der Waals surface area (Å²) in [5.41, 5.74) is 5.87. The number of carbonyl (C=O) groups excluding carboxylic acids is 3. The van der Waals surface area contributed by atoms with Crippen LogP contribution in [0.5, 0.6) is 0 Å². The van der Waals surface area contributed by atoms with E-state index in [-0.39, 0.29) is 18.4 Å². The molecule has 114 valence electrons. The molecule has 0 heterocycles. The standard InChI is InChI=1S/C15H21N3O3/c1-3-5-10(2)14(20)18-12-7-4-6-11(8-12)15(21)17-9-13(16)19/h4,6-8,10H,3,5,9H2,1-2H3,(H2,16,19)(H,17,21)(H,18,20). The maximum Gasteiger partial charge on any atom is 0.251 e. The van der Waals surface area contributed by atoms with E-state index in [1.165, 1.54) is 0 Å². The molecule has 0 saturated carbocycles. The van der Waals surface area contributed by atoms with Crippen molar-refractivity contribution in [2.45, 2.75) is 26.7 Å². The summed E-state index contributed by atoms with van der Waals surface area (Å²) in [6.07, 6.45) is 1.74. The first-order valence-corrected chi connectivity index (χ1v) is 6.91. The van der Waals surface area contributed by atoms with E-state index in [0.29, 0.717) is 11.3 Å². The quantitative estimate of drug-likeness (QED) is 0.705. The summed E-state index contributed by atoms with van der Waals surface area (Å²) in [7, 11) is 0. The monoisotopic (exact) mass is 291 g/mol. The molecule has 0 aromatic heterocycles. The number of nitrogens with two attached hydrogens (primary N) is 1. The predicted octanol–water partition coefficient (Wildman–Crippen LogP) is 1.28. The number of rotatable bonds is 7. The molecular weight excluding hydrogens is 270 g/mol. The van der Waals surface area contributed by atoms with Crippen molar-refractivity contribution in [1.29, 1.82) is 0 Å². The molecule has 6 nitrogen and oxygen atoms in total. The summed E-state index contributed by atoms with van der Waals surface area (Å²) in [6, 6.07) is 6.54. The molecule has 0 spiro atoms. The van der Waals surface area contributed by atoms with E-state index in [4.69, 9.17) is 5.73 Å². The normalized spacial score (nSPS) is 11.5. The fraction of sp³-hybridized carbons (Fsp3) is 0.400. The summed E-state index contributed by atoms with van der Waals surface area (Å²) in [5, 5.41) is 5.17. The van der Waals surface area contributed by atoms with Gasteiger partial charge in [0.2, 0.25) is 11.8 Å². The maximum atomic E-state index is 11.9. The molecule has 0 saturated heterocycles. The first kappa shape index (κ1) is 16.7. The molecular formula is C15H21N3O3. The van der Waals surface area contributed by atoms with Gasteiger partial charge in [0.25, 0.3) is 5.91 Å². The van der Waals surface area contributed by atoms with E-state index in [1.54, 1.807) is 24.3 Å². The van der Waals surface area contributed by atoms with Crippen LogP contribution >= 0.6 is 0 Å². The van der Waals surface area contributed by atoms with Gasteiger partial charge >= 0.3 is 0 Å². The van der Waals surface area contributed by atoms with Gasteiger partial charge < -0.3 is 16.4 Å². The van der Waals surface area contributed by atoms with Crippen LogP contribution < -0.4 is 16.4 Å². The lowest BCUT2D eigenvalue weighted by Crippen LogP contribution is -2.33. The molecule has 3 amide bonds. The molecule has 0 bridgehead atoms. The zero-order valence-corrected chi connectivity index (χ0v) is 12.3. The van der Waals surface area contributed by atoms with Gasteiger partial charge in [-0.1, -0.05) is 26.3 Å². The van der Waals surface area contributed by atoms with Crippen molar-refractivity contribution in [2.75, 3.05) is 11.9 Å². The van der Waals surface area contributed by atoms with Crippen LogP contribution in [0.25, 0.3) is 0 Å². The first-order valence-electron chi connectivity index (χ1n) is 6.91. The number of anilines is 1. The fourth-order valence-electron chi connectivity index (χ4n) is 1.84. The van der Waals surface area contributed by atoms with Gasteiger partial charge in [-0.3, -0.25) is 14.4 Å². The number of carbonyl (C=O) groups is 3. The highest BCUT2D eigenvalue weighted by molar-refractivity contribution is 5.98. The van der Waals surface area contributed by atoms with Crippen LogP contribution in [0.4, 0.5) is 5.69 Å². The number of amides is 3. The Balaban J connectivity index is 2.70. The number of hydrogen-bond donors (Lipinski definition) is 3. The van der Waals surface area contributed by atoms with Gasteiger partial charge in [0.15, 0.2) is 0 Å². The zero-order chi connectivity index (χ0) is 15.8. The lowest BCUT2D eigenvalue weighted by Gasteiger charge is -2.12. The molecule has 0 aliphatic rings. The molecule has 0 radical (unpaired) electrons. The summed E-state index contributed by atoms with van der Waals surface area (Å²) in [5.74, 6) is -1.18. The van der Waals surface area contributed by atoms with Crippen molar-refractivity contribution >= 4 is 23.4 Å². The van der Waals surface area contributed by atoms with Gasteiger partial charge in [-0.05, 0) is 24.6 Å². The average Bonchev–Trinajstić information content (AvgIpc) is 2.45. The van der Waals surface area contributed by atoms with Crippen LogP contribution in [-0.4, -0.2) is 24.3 Å². The molecule has 21 heavy (non-hydrogen) atoms. The van der Waals surface area contributed by atoms with Crippen LogP contribution in [0.15, 0.2) is 24.3 Å². The molecule has 6 heteroatoms. The van der Waals surface area contributed by atoms with Crippen LogP contribution in [0.3, 0.4) is 0 Å². The minimum atomic E-state index is -0.610. The van der Waals surface area contributed by atoms with Crippen molar-refractivity contribution in [1.82, 2.24) is 5.32 Å². The summed E-state index contributed by atoms with van der Waals surface area (Å²) in [6.45, 7) is 3.67. The summed E-state index contributed by atoms with van der Waals surface area (Å²) < 4.78 is 0. The molecule has 0 fully saturated rings. The summed E-state index contributed by atoms with van der Waals surface area (Å²) in [4.78, 5) is 34.4. The Hall–Kier alpha value is -2.37. The molecule has 1 unspecified atom stereocenters. The minimum Gasteiger partial charge on any atom is -0.368 e. The van der Waals surface area contributed by atoms with E-state index in [1.807, 2.05) is 13.8 Å². The topological polar surface area (TPSA) is 101 Å². The van der Waals surface area contributed by atoms with Crippen LogP contribution in [0.2, 0.25) is 0 Å². The summed E-state index contributed by atoms with van der Waals surface area (Å²) >= 11 is 0. The molecule has 1 aromatic carbocycles. The second-order valence-electron chi connectivity index (χ2n) is 4.91. The zero-order valence-electron chi connectivity index (χ0n) is 12.3. The Kier molecular flexibility index (Phi) is 6.39. The SMILES string of the molecule is CCCC(C)C(=O)Nc1cccc(C(=O)NCC(N)=O)c1. The largest absolute Gasteiger partial charge is 0.368 e. The Morgan fingerprint density at radius 2 is 2.00 bits per heavy atom. The van der Waals surface area contributed by atoms with Gasteiger partial charge in [0, 0.05) is 17.2 Å². The molecule has 0 aliphatic carbocycles. The van der Waals surface area contributed by atoms with E-state index < -0.39 is 11.8 Å². The van der Waals surface area contributed by atoms with Crippen LogP contribution in [-0.2, 0) is 9.59 Å². The van der Waals surface area contributed by atoms with Gasteiger partial charge in [-0.15, -0.1) is 0 Å². The third kappa shape index (κ3) is 5.64. The fourth-order valence-corrected chi connectivity index (χ4v) is 1.84. The second-order valence-corrected chi connectivity index (χ2v) is 4.91. The highest BCUT2D eigenvalue weighted by Gasteiger charge is 2.13. The number of primary amides is 1. The van der Waals surface area contributed by atoms with E-state index >= 15 is 0 Å². The third-order valence-corrected chi connectivity index (χ3v) is 2.98. The van der Waals surface area contributed by atoms with E-state index in [2.05, 4.69) is 10.6 Å². The van der Waals surface area contributed by atoms with Gasteiger partial charge in [-0.2, -0.15) is 0 Å². The lowest BCUT2D eigenvalue weighted by atomic mass is 10.1. The highest BCUT2D eigenvalue weighted by Crippen LogP contribution is 2.14. The maximum absolute atomic E-state index is 11.9. The number of hydrogen-bond acceptors (Lipinski definition) is 3. The van der Waals surface area contributed by atoms with Gasteiger partial charge in [0.05, 0.1) is 6.54 Å². The molecule has 1 aromatic rings. The molecule has 4 N–H and O–H groups in total. The number of nitrogens with one attached hydrogen (secondary N) is 2. The van der Waals surface area contributed by atoms with Crippen molar-refractivity contribution in [3.05, 3.63) is 29.8 Å². The van der Waals surface area contributed by atoms with E-state index in [0.717, 1.165) is 12.8 Å². The third-order valence-electron chi connectivity index (χ3n) is 2.98. The lowest BCUT2D eigenvalue weighted by molar-refractivity contribution is -0.119. The van der Waals surface area contributed by atoms with Crippen molar-refractivity contribution in [3.63, 3.8) is 0 Å². The van der Waals surface area contributed by atoms with Gasteiger partial charge in [-0.25, -0.2) is 0 Å². The van der Waals surface area contributed by atoms with Crippen LogP contribution in [0.1, 0.15) is 37.0 Å². The van der Waals surface area contributed by atoms with Gasteiger partial charge in [0.1, 0.15) is 0 Å². The second kappa shape index (κ2) is 8.04. The Morgan fingerprint density at radius 1 is 1.29 bits per heavy atom. The minimum absolute atomic E-state index is 0.0773.